The van der Waals surface area contributed by atoms with Gasteiger partial charge >= 0.3 is 0 Å². The minimum absolute atomic E-state index is 0.0439. The summed E-state index contributed by atoms with van der Waals surface area (Å²) in [5, 5.41) is 3.58. The summed E-state index contributed by atoms with van der Waals surface area (Å²) in [6.45, 7) is 2.85. The molecule has 0 unspecified atom stereocenters. The zero-order valence-corrected chi connectivity index (χ0v) is 26.0. The Morgan fingerprint density at radius 2 is 1.60 bits per heavy atom. The maximum absolute atomic E-state index is 13.9. The molecule has 0 saturated carbocycles. The fraction of sp³-hybridized carbons (Fsp3) is 0.375. The number of carbonyl (C=O) groups is 2. The SMILES string of the molecule is CCCCNC(=O)[C@H](Cc1ccccc1)N(Cc1ccc(Cl)cc1)C(=O)CCCN(c1ccccc1OC)S(C)(=O)=O. The van der Waals surface area contributed by atoms with Crippen molar-refractivity contribution in [3.8, 4) is 5.75 Å². The fourth-order valence-electron chi connectivity index (χ4n) is 4.66. The van der Waals surface area contributed by atoms with Gasteiger partial charge in [-0.15, -0.1) is 0 Å². The minimum atomic E-state index is -3.65. The summed E-state index contributed by atoms with van der Waals surface area (Å²) in [5.74, 6) is -0.0447. The summed E-state index contributed by atoms with van der Waals surface area (Å²) < 4.78 is 32.1. The van der Waals surface area contributed by atoms with Crippen LogP contribution in [0.25, 0.3) is 0 Å². The number of hydrogen-bond donors (Lipinski definition) is 1. The van der Waals surface area contributed by atoms with Crippen LogP contribution in [0, 0.1) is 0 Å². The first-order chi connectivity index (χ1) is 20.1. The summed E-state index contributed by atoms with van der Waals surface area (Å²) in [4.78, 5) is 29.1. The summed E-state index contributed by atoms with van der Waals surface area (Å²) in [6.07, 6.45) is 3.53. The molecule has 0 heterocycles. The molecule has 1 atom stereocenters. The van der Waals surface area contributed by atoms with Gasteiger partial charge in [0.25, 0.3) is 0 Å². The van der Waals surface area contributed by atoms with Gasteiger partial charge in [-0.1, -0.05) is 79.5 Å². The van der Waals surface area contributed by atoms with Gasteiger partial charge in [-0.3, -0.25) is 13.9 Å². The molecule has 226 valence electrons. The van der Waals surface area contributed by atoms with Crippen molar-refractivity contribution in [1.82, 2.24) is 10.2 Å². The molecule has 0 radical (unpaired) electrons. The van der Waals surface area contributed by atoms with E-state index in [0.717, 1.165) is 30.2 Å². The fourth-order valence-corrected chi connectivity index (χ4v) is 5.76. The third-order valence-electron chi connectivity index (χ3n) is 6.87. The Morgan fingerprint density at radius 3 is 2.24 bits per heavy atom. The molecule has 0 bridgehead atoms. The highest BCUT2D eigenvalue weighted by atomic mass is 35.5. The number of para-hydroxylation sites is 2. The van der Waals surface area contributed by atoms with Crippen LogP contribution in [0.5, 0.6) is 5.75 Å². The van der Waals surface area contributed by atoms with E-state index in [1.54, 1.807) is 41.3 Å². The largest absolute Gasteiger partial charge is 0.495 e. The number of nitrogens with one attached hydrogen (secondary N) is 1. The van der Waals surface area contributed by atoms with Gasteiger partial charge in [0.1, 0.15) is 11.8 Å². The van der Waals surface area contributed by atoms with Crippen molar-refractivity contribution >= 4 is 39.1 Å². The second kappa shape index (κ2) is 16.2. The predicted molar refractivity (Wildman–Crippen MR) is 168 cm³/mol. The number of rotatable bonds is 16. The highest BCUT2D eigenvalue weighted by Crippen LogP contribution is 2.30. The van der Waals surface area contributed by atoms with Gasteiger partial charge in [0.05, 0.1) is 19.1 Å². The number of anilines is 1. The third kappa shape index (κ3) is 9.77. The summed E-state index contributed by atoms with van der Waals surface area (Å²) >= 11 is 6.10. The van der Waals surface area contributed by atoms with Crippen molar-refractivity contribution in [1.29, 1.82) is 0 Å². The number of hydrogen-bond acceptors (Lipinski definition) is 5. The maximum atomic E-state index is 13.9. The third-order valence-corrected chi connectivity index (χ3v) is 8.30. The van der Waals surface area contributed by atoms with Gasteiger partial charge in [-0.05, 0) is 48.2 Å². The van der Waals surface area contributed by atoms with E-state index in [2.05, 4.69) is 12.2 Å². The number of carbonyl (C=O) groups excluding carboxylic acids is 2. The van der Waals surface area contributed by atoms with Crippen molar-refractivity contribution < 1.29 is 22.7 Å². The van der Waals surface area contributed by atoms with Crippen molar-refractivity contribution in [2.24, 2.45) is 0 Å². The van der Waals surface area contributed by atoms with Gasteiger partial charge < -0.3 is 15.0 Å². The Hall–Kier alpha value is -3.56. The number of ether oxygens (including phenoxy) is 1. The summed E-state index contributed by atoms with van der Waals surface area (Å²) in [6, 6.07) is 22.9. The number of sulfonamides is 1. The van der Waals surface area contributed by atoms with Crippen LogP contribution >= 0.6 is 11.6 Å². The van der Waals surface area contributed by atoms with Gasteiger partial charge in [0.15, 0.2) is 0 Å². The highest BCUT2D eigenvalue weighted by molar-refractivity contribution is 7.92. The number of halogens is 1. The van der Waals surface area contributed by atoms with Crippen molar-refractivity contribution in [3.63, 3.8) is 0 Å². The quantitative estimate of drug-likeness (QED) is 0.217. The molecule has 42 heavy (non-hydrogen) atoms. The summed E-state index contributed by atoms with van der Waals surface area (Å²) in [5.41, 5.74) is 2.17. The number of benzene rings is 3. The van der Waals surface area contributed by atoms with E-state index in [4.69, 9.17) is 16.3 Å². The number of methoxy groups -OCH3 is 1. The lowest BCUT2D eigenvalue weighted by molar-refractivity contribution is -0.141. The van der Waals surface area contributed by atoms with E-state index in [1.165, 1.54) is 11.4 Å². The molecular weight excluding hydrogens is 574 g/mol. The average molecular weight is 614 g/mol. The van der Waals surface area contributed by atoms with Crippen LogP contribution in [-0.2, 0) is 32.6 Å². The van der Waals surface area contributed by atoms with Crippen LogP contribution in [-0.4, -0.2) is 57.6 Å². The molecule has 0 aromatic heterocycles. The van der Waals surface area contributed by atoms with Gasteiger partial charge in [0, 0.05) is 37.5 Å². The normalized spacial score (nSPS) is 11.9. The zero-order valence-electron chi connectivity index (χ0n) is 24.5. The lowest BCUT2D eigenvalue weighted by atomic mass is 10.0. The minimum Gasteiger partial charge on any atom is -0.495 e. The van der Waals surface area contributed by atoms with E-state index in [0.29, 0.717) is 29.4 Å². The molecule has 2 amide bonds. The smallest absolute Gasteiger partial charge is 0.243 e. The van der Waals surface area contributed by atoms with Crippen LogP contribution in [0.4, 0.5) is 5.69 Å². The second-order valence-corrected chi connectivity index (χ2v) is 12.5. The average Bonchev–Trinajstić information content (AvgIpc) is 2.98. The second-order valence-electron chi connectivity index (χ2n) is 10.1. The van der Waals surface area contributed by atoms with E-state index in [1.807, 2.05) is 42.5 Å². The molecule has 0 aliphatic rings. The van der Waals surface area contributed by atoms with E-state index >= 15 is 0 Å². The van der Waals surface area contributed by atoms with E-state index < -0.39 is 16.1 Å². The molecule has 3 rings (SSSR count). The molecule has 10 heteroatoms. The molecule has 0 saturated heterocycles. The predicted octanol–water partition coefficient (Wildman–Crippen LogP) is 5.45. The molecule has 0 aliphatic carbocycles. The zero-order chi connectivity index (χ0) is 30.5. The molecule has 0 aliphatic heterocycles. The monoisotopic (exact) mass is 613 g/mol. The van der Waals surface area contributed by atoms with Crippen LogP contribution in [0.1, 0.15) is 43.7 Å². The first kappa shape index (κ1) is 32.9. The molecule has 0 fully saturated rings. The van der Waals surface area contributed by atoms with Crippen LogP contribution < -0.4 is 14.4 Å². The Labute approximate surface area is 254 Å². The van der Waals surface area contributed by atoms with E-state index in [-0.39, 0.29) is 37.7 Å². The molecule has 3 aromatic rings. The first-order valence-corrected chi connectivity index (χ1v) is 16.3. The Morgan fingerprint density at radius 1 is 0.929 bits per heavy atom. The number of unbranched alkanes of at least 4 members (excludes halogenated alkanes) is 1. The van der Waals surface area contributed by atoms with Gasteiger partial charge in [-0.25, -0.2) is 8.42 Å². The van der Waals surface area contributed by atoms with Crippen molar-refractivity contribution in [3.05, 3.63) is 95.0 Å². The molecule has 1 N–H and O–H groups in total. The summed E-state index contributed by atoms with van der Waals surface area (Å²) in [7, 11) is -2.17. The van der Waals surface area contributed by atoms with Crippen molar-refractivity contribution in [2.45, 2.75) is 51.6 Å². The van der Waals surface area contributed by atoms with Crippen LogP contribution in [0.3, 0.4) is 0 Å². The lowest BCUT2D eigenvalue weighted by Gasteiger charge is -2.32. The molecule has 8 nitrogen and oxygen atoms in total. The topological polar surface area (TPSA) is 96.0 Å². The Bertz CT molecular complexity index is 1400. The molecule has 0 spiro atoms. The van der Waals surface area contributed by atoms with Gasteiger partial charge in [-0.2, -0.15) is 0 Å². The first-order valence-electron chi connectivity index (χ1n) is 14.1. The van der Waals surface area contributed by atoms with E-state index in [9.17, 15) is 18.0 Å². The van der Waals surface area contributed by atoms with Crippen LogP contribution in [0.2, 0.25) is 5.02 Å². The van der Waals surface area contributed by atoms with Crippen LogP contribution in [0.15, 0.2) is 78.9 Å². The molecular formula is C32H40ClN3O5S. The standard InChI is InChI=1S/C32H40ClN3O5S/c1-4-5-21-34-32(38)29(23-25-12-7-6-8-13-25)35(24-26-17-19-27(33)20-18-26)31(37)16-11-22-36(42(3,39)40)28-14-9-10-15-30(28)41-2/h6-10,12-15,17-20,29H,4-5,11,16,21-24H2,1-3H3,(H,34,38)/t29-/m0/s1. The molecule has 3 aromatic carbocycles. The maximum Gasteiger partial charge on any atom is 0.243 e. The Balaban J connectivity index is 1.88. The van der Waals surface area contributed by atoms with Crippen molar-refractivity contribution in [2.75, 3.05) is 30.8 Å². The van der Waals surface area contributed by atoms with Gasteiger partial charge in [0.2, 0.25) is 21.8 Å². The number of amides is 2. The lowest BCUT2D eigenvalue weighted by Crippen LogP contribution is -2.50. The Kier molecular flexibility index (Phi) is 12.7. The number of nitrogens with zero attached hydrogens (tertiary/aromatic N) is 2. The highest BCUT2D eigenvalue weighted by Gasteiger charge is 2.30.